The van der Waals surface area contributed by atoms with Gasteiger partial charge in [-0.2, -0.15) is 0 Å². The van der Waals surface area contributed by atoms with E-state index in [-0.39, 0.29) is 0 Å². The molecule has 0 aliphatic rings. The highest BCUT2D eigenvalue weighted by atomic mass is 15.0. The largest absolute Gasteiger partial charge is 0.309 e. The lowest BCUT2D eigenvalue weighted by molar-refractivity contribution is 1.07. The quantitative estimate of drug-likeness (QED) is 0.172. The number of nitrogens with zero attached hydrogens (tertiary/aromatic N) is 6. The molecule has 0 unspecified atom stereocenters. The number of para-hydroxylation sites is 2. The number of rotatable bonds is 6. The van der Waals surface area contributed by atoms with Gasteiger partial charge in [-0.05, 0) is 71.8 Å². The molecule has 0 aliphatic heterocycles. The Morgan fingerprint density at radius 3 is 1.50 bits per heavy atom. The van der Waals surface area contributed by atoms with E-state index < -0.39 is 0 Å². The minimum Gasteiger partial charge on any atom is -0.309 e. The molecule has 11 rings (SSSR count). The Kier molecular flexibility index (Phi) is 7.38. The monoisotopic (exact) mass is 716 g/mol. The van der Waals surface area contributed by atoms with Gasteiger partial charge in [0.05, 0.1) is 27.6 Å². The zero-order chi connectivity index (χ0) is 37.0. The second-order valence-electron chi connectivity index (χ2n) is 13.9. The summed E-state index contributed by atoms with van der Waals surface area (Å²) in [5, 5.41) is 3.52. The van der Waals surface area contributed by atoms with Gasteiger partial charge in [-0.3, -0.25) is 4.98 Å². The first-order valence-corrected chi connectivity index (χ1v) is 18.7. The van der Waals surface area contributed by atoms with Gasteiger partial charge >= 0.3 is 0 Å². The number of aromatic nitrogens is 6. The topological polar surface area (TPSA) is 61.4 Å². The van der Waals surface area contributed by atoms with Crippen LogP contribution in [0.2, 0.25) is 0 Å². The van der Waals surface area contributed by atoms with Gasteiger partial charge < -0.3 is 9.13 Å². The van der Waals surface area contributed by atoms with Crippen molar-refractivity contribution in [1.82, 2.24) is 29.1 Å². The fourth-order valence-electron chi connectivity index (χ4n) is 8.02. The molecule has 0 bridgehead atoms. The van der Waals surface area contributed by atoms with Gasteiger partial charge in [-0.15, -0.1) is 0 Å². The van der Waals surface area contributed by atoms with Crippen molar-refractivity contribution in [3.05, 3.63) is 194 Å². The van der Waals surface area contributed by atoms with Crippen molar-refractivity contribution < 1.29 is 0 Å². The highest BCUT2D eigenvalue weighted by molar-refractivity contribution is 6.11. The number of benzene rings is 7. The van der Waals surface area contributed by atoms with Crippen LogP contribution in [-0.2, 0) is 0 Å². The fraction of sp³-hybridized carbons (Fsp3) is 0. The first kappa shape index (κ1) is 31.8. The van der Waals surface area contributed by atoms with Crippen LogP contribution in [0.4, 0.5) is 0 Å². The summed E-state index contributed by atoms with van der Waals surface area (Å²) < 4.78 is 4.67. The zero-order valence-electron chi connectivity index (χ0n) is 30.2. The zero-order valence-corrected chi connectivity index (χ0v) is 30.2. The molecular weight excluding hydrogens is 685 g/mol. The van der Waals surface area contributed by atoms with Crippen molar-refractivity contribution in [2.24, 2.45) is 0 Å². The van der Waals surface area contributed by atoms with E-state index in [1.54, 1.807) is 0 Å². The summed E-state index contributed by atoms with van der Waals surface area (Å²) >= 11 is 0. The first-order chi connectivity index (χ1) is 27.8. The van der Waals surface area contributed by atoms with Gasteiger partial charge in [0.15, 0.2) is 17.5 Å². The van der Waals surface area contributed by atoms with E-state index in [1.807, 2.05) is 72.9 Å². The smallest absolute Gasteiger partial charge is 0.164 e. The van der Waals surface area contributed by atoms with Crippen LogP contribution in [0.15, 0.2) is 194 Å². The average Bonchev–Trinajstić information content (AvgIpc) is 3.79. The minimum atomic E-state index is 0.623. The molecule has 0 radical (unpaired) electrons. The van der Waals surface area contributed by atoms with Gasteiger partial charge in [0.1, 0.15) is 0 Å². The van der Waals surface area contributed by atoms with E-state index in [9.17, 15) is 0 Å². The number of hydrogen-bond donors (Lipinski definition) is 0. The lowest BCUT2D eigenvalue weighted by Crippen LogP contribution is -2.01. The number of hydrogen-bond acceptors (Lipinski definition) is 4. The average molecular weight is 717 g/mol. The summed E-state index contributed by atoms with van der Waals surface area (Å²) in [5.74, 6) is 1.90. The Balaban J connectivity index is 1.08. The Labute approximate surface area is 322 Å². The van der Waals surface area contributed by atoms with E-state index in [2.05, 4.69) is 130 Å². The van der Waals surface area contributed by atoms with Crippen molar-refractivity contribution in [3.8, 4) is 56.7 Å². The Bertz CT molecular complexity index is 3180. The molecule has 0 saturated heterocycles. The first-order valence-electron chi connectivity index (χ1n) is 18.7. The predicted molar refractivity (Wildman–Crippen MR) is 228 cm³/mol. The molecule has 0 atom stereocenters. The normalized spacial score (nSPS) is 11.6. The Hall–Kier alpha value is -7.70. The van der Waals surface area contributed by atoms with Crippen LogP contribution in [0.5, 0.6) is 0 Å². The summed E-state index contributed by atoms with van der Waals surface area (Å²) in [6.45, 7) is 0. The molecule has 262 valence electrons. The third kappa shape index (κ3) is 5.27. The van der Waals surface area contributed by atoms with Crippen LogP contribution in [-0.4, -0.2) is 29.1 Å². The van der Waals surface area contributed by atoms with Gasteiger partial charge in [-0.1, -0.05) is 127 Å². The summed E-state index contributed by atoms with van der Waals surface area (Å²) in [7, 11) is 0. The highest BCUT2D eigenvalue weighted by Gasteiger charge is 2.18. The number of pyridine rings is 1. The molecule has 0 N–H and O–H groups in total. The van der Waals surface area contributed by atoms with E-state index in [4.69, 9.17) is 19.9 Å². The minimum absolute atomic E-state index is 0.623. The van der Waals surface area contributed by atoms with E-state index in [0.29, 0.717) is 17.5 Å². The SMILES string of the molecule is c1ccc(-c2nc(-c3ccccc3)nc(-c3cccc(-n4c5ccccc5c5ccc(-c6ccc7c8ncccc8n(-c8ccccc8)c7c6)cc54)c3)n2)cc1. The van der Waals surface area contributed by atoms with Crippen molar-refractivity contribution in [3.63, 3.8) is 0 Å². The maximum absolute atomic E-state index is 5.03. The van der Waals surface area contributed by atoms with Crippen molar-refractivity contribution >= 4 is 43.7 Å². The second-order valence-corrected chi connectivity index (χ2v) is 13.9. The van der Waals surface area contributed by atoms with Crippen LogP contribution in [0.1, 0.15) is 0 Å². The maximum atomic E-state index is 5.03. The third-order valence-corrected chi connectivity index (χ3v) is 10.6. The van der Waals surface area contributed by atoms with Crippen LogP contribution < -0.4 is 0 Å². The molecule has 11 aromatic rings. The lowest BCUT2D eigenvalue weighted by Gasteiger charge is -2.12. The highest BCUT2D eigenvalue weighted by Crippen LogP contribution is 2.38. The standard InChI is InChI=1S/C50H32N6/c1-4-14-33(15-5-1)48-52-49(34-16-6-2-7-17-34)54-50(53-48)37-18-12-21-39(30-37)56-43-23-11-10-22-40(43)41-27-25-35(31-45(41)56)36-26-28-42-46(32-36)55(38-19-8-3-9-20-38)44-24-13-29-51-47(42)44/h1-32H. The van der Waals surface area contributed by atoms with Gasteiger partial charge in [0.25, 0.3) is 0 Å². The molecule has 0 spiro atoms. The van der Waals surface area contributed by atoms with E-state index >= 15 is 0 Å². The molecule has 7 aromatic carbocycles. The Morgan fingerprint density at radius 1 is 0.304 bits per heavy atom. The molecule has 4 aromatic heterocycles. The van der Waals surface area contributed by atoms with Gasteiger partial charge in [0, 0.05) is 50.4 Å². The van der Waals surface area contributed by atoms with Crippen molar-refractivity contribution in [2.45, 2.75) is 0 Å². The predicted octanol–water partition coefficient (Wildman–Crippen LogP) is 12.1. The molecular formula is C50H32N6. The Morgan fingerprint density at radius 2 is 0.804 bits per heavy atom. The molecule has 0 aliphatic carbocycles. The summed E-state index contributed by atoms with van der Waals surface area (Å²) in [6, 6.07) is 65.6. The molecule has 6 heteroatoms. The maximum Gasteiger partial charge on any atom is 0.164 e. The van der Waals surface area contributed by atoms with E-state index in [0.717, 1.165) is 72.2 Å². The van der Waals surface area contributed by atoms with Gasteiger partial charge in [0.2, 0.25) is 0 Å². The van der Waals surface area contributed by atoms with Crippen LogP contribution in [0, 0.1) is 0 Å². The molecule has 56 heavy (non-hydrogen) atoms. The molecule has 4 heterocycles. The summed E-state index contributed by atoms with van der Waals surface area (Å²) in [6.07, 6.45) is 1.87. The van der Waals surface area contributed by atoms with E-state index in [1.165, 1.54) is 10.8 Å². The molecule has 0 fully saturated rings. The molecule has 6 nitrogen and oxygen atoms in total. The van der Waals surface area contributed by atoms with Crippen LogP contribution in [0.25, 0.3) is 100 Å². The molecule has 0 saturated carbocycles. The number of fused-ring (bicyclic) bond motifs is 6. The van der Waals surface area contributed by atoms with Crippen molar-refractivity contribution in [2.75, 3.05) is 0 Å². The fourth-order valence-corrected chi connectivity index (χ4v) is 8.02. The van der Waals surface area contributed by atoms with Crippen LogP contribution >= 0.6 is 0 Å². The van der Waals surface area contributed by atoms with Crippen LogP contribution in [0.3, 0.4) is 0 Å². The summed E-state index contributed by atoms with van der Waals surface area (Å²) in [5.41, 5.74) is 12.7. The second kappa shape index (κ2) is 13.0. The lowest BCUT2D eigenvalue weighted by atomic mass is 10.0. The van der Waals surface area contributed by atoms with Gasteiger partial charge in [-0.25, -0.2) is 15.0 Å². The van der Waals surface area contributed by atoms with Crippen molar-refractivity contribution in [1.29, 1.82) is 0 Å². The summed E-state index contributed by atoms with van der Waals surface area (Å²) in [4.78, 5) is 19.8. The molecule has 0 amide bonds. The third-order valence-electron chi connectivity index (χ3n) is 10.6.